The Morgan fingerprint density at radius 1 is 1.12 bits per heavy atom. The Labute approximate surface area is 138 Å². The van der Waals surface area contributed by atoms with E-state index in [0.717, 1.165) is 0 Å². The van der Waals surface area contributed by atoms with E-state index in [1.165, 1.54) is 7.11 Å². The van der Waals surface area contributed by atoms with Gasteiger partial charge in [-0.3, -0.25) is 4.79 Å². The number of rotatable bonds is 4. The fourth-order valence-corrected chi connectivity index (χ4v) is 2.62. The molecule has 1 aliphatic heterocycles. The van der Waals surface area contributed by atoms with E-state index in [0.29, 0.717) is 16.8 Å². The number of cyclic esters (lactones) is 1. The Kier molecular flexibility index (Phi) is 4.29. The molecule has 0 saturated carbocycles. The van der Waals surface area contributed by atoms with Gasteiger partial charge in [-0.2, -0.15) is 0 Å². The summed E-state index contributed by atoms with van der Waals surface area (Å²) >= 11 is 0. The number of ether oxygens (including phenoxy) is 2. The molecule has 0 saturated heterocycles. The van der Waals surface area contributed by atoms with Gasteiger partial charge in [-0.25, -0.2) is 9.59 Å². The molecule has 1 amide bonds. The van der Waals surface area contributed by atoms with Crippen molar-refractivity contribution < 1.29 is 23.9 Å². The van der Waals surface area contributed by atoms with Crippen LogP contribution in [0.25, 0.3) is 0 Å². The van der Waals surface area contributed by atoms with Crippen LogP contribution in [-0.4, -0.2) is 25.0 Å². The van der Waals surface area contributed by atoms with Crippen molar-refractivity contribution in [3.05, 3.63) is 65.2 Å². The topological polar surface area (TPSA) is 81.7 Å². The van der Waals surface area contributed by atoms with E-state index in [1.54, 1.807) is 48.5 Å². The SMILES string of the molecule is COC(=O)c1ccccc1NC(=O)C[C@@H]1OC(=O)c2ccccc21. The summed E-state index contributed by atoms with van der Waals surface area (Å²) in [6, 6.07) is 13.5. The van der Waals surface area contributed by atoms with Gasteiger partial charge >= 0.3 is 11.9 Å². The third-order valence-corrected chi connectivity index (χ3v) is 3.75. The van der Waals surface area contributed by atoms with Crippen molar-refractivity contribution in [3.8, 4) is 0 Å². The van der Waals surface area contributed by atoms with Crippen LogP contribution in [0.15, 0.2) is 48.5 Å². The minimum absolute atomic E-state index is 0.0295. The molecule has 0 bridgehead atoms. The van der Waals surface area contributed by atoms with Crippen molar-refractivity contribution in [1.29, 1.82) is 0 Å². The van der Waals surface area contributed by atoms with E-state index in [1.807, 2.05) is 0 Å². The van der Waals surface area contributed by atoms with Gasteiger partial charge in [0.15, 0.2) is 0 Å². The van der Waals surface area contributed by atoms with Gasteiger partial charge in [0.05, 0.1) is 30.3 Å². The maximum atomic E-state index is 12.3. The van der Waals surface area contributed by atoms with Gasteiger partial charge in [0.1, 0.15) is 6.10 Å². The van der Waals surface area contributed by atoms with Crippen molar-refractivity contribution in [2.45, 2.75) is 12.5 Å². The Balaban J connectivity index is 1.74. The molecule has 0 aromatic heterocycles. The first-order chi connectivity index (χ1) is 11.6. The summed E-state index contributed by atoms with van der Waals surface area (Å²) < 4.78 is 9.94. The first-order valence-corrected chi connectivity index (χ1v) is 7.37. The number of para-hydroxylation sites is 1. The Morgan fingerprint density at radius 3 is 2.62 bits per heavy atom. The van der Waals surface area contributed by atoms with Gasteiger partial charge in [0.2, 0.25) is 5.91 Å². The molecular weight excluding hydrogens is 310 g/mol. The van der Waals surface area contributed by atoms with Gasteiger partial charge in [0.25, 0.3) is 0 Å². The lowest BCUT2D eigenvalue weighted by Gasteiger charge is -2.13. The summed E-state index contributed by atoms with van der Waals surface area (Å²) in [5.74, 6) is -1.33. The number of nitrogens with one attached hydrogen (secondary N) is 1. The van der Waals surface area contributed by atoms with Crippen LogP contribution in [0.1, 0.15) is 38.8 Å². The van der Waals surface area contributed by atoms with Crippen LogP contribution in [0.4, 0.5) is 5.69 Å². The number of anilines is 1. The molecule has 6 heteroatoms. The van der Waals surface area contributed by atoms with E-state index in [-0.39, 0.29) is 17.9 Å². The van der Waals surface area contributed by atoms with Crippen LogP contribution < -0.4 is 5.32 Å². The van der Waals surface area contributed by atoms with Gasteiger partial charge in [-0.15, -0.1) is 0 Å². The number of methoxy groups -OCH3 is 1. The highest BCUT2D eigenvalue weighted by Crippen LogP contribution is 2.33. The van der Waals surface area contributed by atoms with Gasteiger partial charge < -0.3 is 14.8 Å². The second-order valence-corrected chi connectivity index (χ2v) is 5.27. The molecule has 1 aliphatic rings. The maximum Gasteiger partial charge on any atom is 0.339 e. The average molecular weight is 325 g/mol. The largest absolute Gasteiger partial charge is 0.465 e. The highest BCUT2D eigenvalue weighted by atomic mass is 16.5. The van der Waals surface area contributed by atoms with Crippen molar-refractivity contribution in [2.75, 3.05) is 12.4 Å². The molecule has 0 fully saturated rings. The monoisotopic (exact) mass is 325 g/mol. The molecule has 122 valence electrons. The van der Waals surface area contributed by atoms with Crippen LogP contribution in [0.3, 0.4) is 0 Å². The molecule has 1 heterocycles. The van der Waals surface area contributed by atoms with Crippen molar-refractivity contribution in [3.63, 3.8) is 0 Å². The van der Waals surface area contributed by atoms with Crippen molar-refractivity contribution in [1.82, 2.24) is 0 Å². The number of carbonyl (C=O) groups excluding carboxylic acids is 3. The third-order valence-electron chi connectivity index (χ3n) is 3.75. The lowest BCUT2D eigenvalue weighted by molar-refractivity contribution is -0.118. The molecule has 0 aliphatic carbocycles. The average Bonchev–Trinajstić information content (AvgIpc) is 2.91. The number of amides is 1. The summed E-state index contributed by atoms with van der Waals surface area (Å²) in [5, 5.41) is 2.67. The summed E-state index contributed by atoms with van der Waals surface area (Å²) in [7, 11) is 1.27. The zero-order chi connectivity index (χ0) is 17.1. The van der Waals surface area contributed by atoms with Crippen LogP contribution >= 0.6 is 0 Å². The van der Waals surface area contributed by atoms with Crippen LogP contribution in [-0.2, 0) is 14.3 Å². The quantitative estimate of drug-likeness (QED) is 0.874. The molecule has 6 nitrogen and oxygen atoms in total. The first kappa shape index (κ1) is 15.7. The van der Waals surface area contributed by atoms with Crippen LogP contribution in [0.2, 0.25) is 0 Å². The minimum atomic E-state index is -0.626. The van der Waals surface area contributed by atoms with Crippen molar-refractivity contribution in [2.24, 2.45) is 0 Å². The molecule has 0 unspecified atom stereocenters. The summed E-state index contributed by atoms with van der Waals surface area (Å²) in [6.07, 6.45) is -0.655. The molecule has 1 N–H and O–H groups in total. The molecule has 3 rings (SSSR count). The van der Waals surface area contributed by atoms with E-state index in [2.05, 4.69) is 5.32 Å². The smallest absolute Gasteiger partial charge is 0.339 e. The van der Waals surface area contributed by atoms with Crippen molar-refractivity contribution >= 4 is 23.5 Å². The number of esters is 2. The Morgan fingerprint density at radius 2 is 1.83 bits per heavy atom. The number of carbonyl (C=O) groups is 3. The zero-order valence-electron chi connectivity index (χ0n) is 12.9. The van der Waals surface area contributed by atoms with E-state index in [4.69, 9.17) is 9.47 Å². The number of hydrogen-bond donors (Lipinski definition) is 1. The summed E-state index contributed by atoms with van der Waals surface area (Å²) in [4.78, 5) is 35.8. The second kappa shape index (κ2) is 6.54. The predicted molar refractivity (Wildman–Crippen MR) is 85.6 cm³/mol. The normalized spacial score (nSPS) is 15.4. The molecule has 0 spiro atoms. The Hall–Kier alpha value is -3.15. The predicted octanol–water partition coefficient (Wildman–Crippen LogP) is 2.71. The zero-order valence-corrected chi connectivity index (χ0v) is 12.9. The molecule has 0 radical (unpaired) electrons. The highest BCUT2D eigenvalue weighted by Gasteiger charge is 2.32. The van der Waals surface area contributed by atoms with Crippen LogP contribution in [0.5, 0.6) is 0 Å². The lowest BCUT2D eigenvalue weighted by Crippen LogP contribution is -2.18. The maximum absolute atomic E-state index is 12.3. The standard InChI is InChI=1S/C18H15NO5/c1-23-17(21)13-8-4-5-9-14(13)19-16(20)10-15-11-6-2-3-7-12(11)18(22)24-15/h2-9,15H,10H2,1H3,(H,19,20)/t15-/m0/s1. The minimum Gasteiger partial charge on any atom is -0.465 e. The Bertz CT molecular complexity index is 815. The lowest BCUT2D eigenvalue weighted by atomic mass is 10.0. The molecule has 2 aromatic rings. The number of benzene rings is 2. The summed E-state index contributed by atoms with van der Waals surface area (Å²) in [6.45, 7) is 0. The number of hydrogen-bond acceptors (Lipinski definition) is 5. The van der Waals surface area contributed by atoms with E-state index in [9.17, 15) is 14.4 Å². The third kappa shape index (κ3) is 2.99. The van der Waals surface area contributed by atoms with Gasteiger partial charge in [-0.1, -0.05) is 30.3 Å². The number of fused-ring (bicyclic) bond motifs is 1. The molecule has 1 atom stereocenters. The molecule has 24 heavy (non-hydrogen) atoms. The molecular formula is C18H15NO5. The van der Waals surface area contributed by atoms with E-state index >= 15 is 0 Å². The van der Waals surface area contributed by atoms with Gasteiger partial charge in [0, 0.05) is 5.56 Å². The van der Waals surface area contributed by atoms with Crippen LogP contribution in [0, 0.1) is 0 Å². The highest BCUT2D eigenvalue weighted by molar-refractivity contribution is 6.02. The summed E-state index contributed by atoms with van der Waals surface area (Å²) in [5.41, 5.74) is 1.79. The van der Waals surface area contributed by atoms with Gasteiger partial charge in [-0.05, 0) is 18.2 Å². The fraction of sp³-hybridized carbons (Fsp3) is 0.167. The molecule has 2 aromatic carbocycles. The first-order valence-electron chi connectivity index (χ1n) is 7.37. The fourth-order valence-electron chi connectivity index (χ4n) is 2.62. The van der Waals surface area contributed by atoms with E-state index < -0.39 is 18.0 Å². The second-order valence-electron chi connectivity index (χ2n) is 5.27.